The number of methoxy groups -OCH3 is 1. The van der Waals surface area contributed by atoms with Gasteiger partial charge in [0.2, 0.25) is 0 Å². The van der Waals surface area contributed by atoms with E-state index in [1.165, 1.54) is 7.11 Å². The van der Waals surface area contributed by atoms with Gasteiger partial charge in [0.1, 0.15) is 0 Å². The number of aryl methyl sites for hydroxylation is 2. The molecule has 0 atom stereocenters. The fourth-order valence-corrected chi connectivity index (χ4v) is 3.67. The number of carboxylic acids is 1. The maximum absolute atomic E-state index is 11.1. The van der Waals surface area contributed by atoms with E-state index in [1.54, 1.807) is 10.6 Å². The first-order valence-electron chi connectivity index (χ1n) is 10.3. The zero-order valence-electron chi connectivity index (χ0n) is 19.6. The Bertz CT molecular complexity index is 1310. The van der Waals surface area contributed by atoms with Crippen LogP contribution in [0.3, 0.4) is 0 Å². The van der Waals surface area contributed by atoms with Crippen LogP contribution in [0, 0.1) is 0 Å². The van der Waals surface area contributed by atoms with Crippen molar-refractivity contribution < 1.29 is 53.4 Å². The van der Waals surface area contributed by atoms with Crippen LogP contribution in [0.1, 0.15) is 33.8 Å². The second kappa shape index (κ2) is 13.9. The molecule has 0 bridgehead atoms. The number of carbonyl (C=O) groups excluding carboxylic acids is 3. The van der Waals surface area contributed by atoms with Crippen LogP contribution in [0.15, 0.2) is 60.7 Å². The van der Waals surface area contributed by atoms with Gasteiger partial charge in [-0.25, -0.2) is 0 Å². The molecule has 4 aromatic rings. The number of benzene rings is 2. The van der Waals surface area contributed by atoms with Crippen molar-refractivity contribution in [3.05, 3.63) is 72.1 Å². The summed E-state index contributed by atoms with van der Waals surface area (Å²) in [7, 11) is 1.36. The van der Waals surface area contributed by atoms with Gasteiger partial charge in [0.15, 0.2) is 12.6 Å². The summed E-state index contributed by atoms with van der Waals surface area (Å²) >= 11 is 0. The fourth-order valence-electron chi connectivity index (χ4n) is 3.67. The standard InChI is InChI=1S/C13H13NO3.C12H11NO3.Li.H2O/c1-17-13(16)6-7-14-11(9-15)8-10-4-2-3-5-12(10)14;14-8-10-7-9-3-1-2-4-11(9)13(10)6-5-12(15)16;;/h2-5,8-9H,6-7H2,1H3;1-4,7-8H,5-6H2,(H,15,16);;1H2/q;;+1;/p-1. The van der Waals surface area contributed by atoms with Crippen LogP contribution in [-0.2, 0) is 27.4 Å². The molecule has 0 aliphatic carbocycles. The van der Waals surface area contributed by atoms with E-state index in [0.717, 1.165) is 34.4 Å². The van der Waals surface area contributed by atoms with E-state index in [2.05, 4.69) is 4.74 Å². The minimum absolute atomic E-state index is 0. The Hall–Kier alpha value is -3.64. The average molecular weight is 472 g/mol. The van der Waals surface area contributed by atoms with Gasteiger partial charge in [-0.1, -0.05) is 36.4 Å². The number of ether oxygens (including phenoxy) is 1. The summed E-state index contributed by atoms with van der Waals surface area (Å²) in [6.07, 6.45) is 1.83. The summed E-state index contributed by atoms with van der Waals surface area (Å²) in [6.45, 7) is 0.769. The SMILES string of the molecule is COC(=O)CCn1c(C=O)cc2ccccc21.O=Cc1cc2ccccc2n1CCC(=O)O.[Li+].[OH-]. The Morgan fingerprint density at radius 3 is 1.66 bits per heavy atom. The van der Waals surface area contributed by atoms with E-state index in [1.807, 2.05) is 59.2 Å². The van der Waals surface area contributed by atoms with Crippen LogP contribution in [0.2, 0.25) is 0 Å². The molecule has 2 heterocycles. The number of hydrogen-bond acceptors (Lipinski definition) is 6. The minimum Gasteiger partial charge on any atom is -0.870 e. The molecule has 0 aliphatic heterocycles. The maximum atomic E-state index is 11.1. The summed E-state index contributed by atoms with van der Waals surface area (Å²) in [5.41, 5.74) is 2.95. The number of fused-ring (bicyclic) bond motifs is 2. The van der Waals surface area contributed by atoms with Gasteiger partial charge in [-0.3, -0.25) is 19.2 Å². The molecular formula is C25H25LiN2O7. The Balaban J connectivity index is 0.000000332. The van der Waals surface area contributed by atoms with Gasteiger partial charge in [-0.15, -0.1) is 0 Å². The molecule has 0 aliphatic rings. The van der Waals surface area contributed by atoms with E-state index >= 15 is 0 Å². The van der Waals surface area contributed by atoms with Gasteiger partial charge in [-0.2, -0.15) is 0 Å². The van der Waals surface area contributed by atoms with Crippen molar-refractivity contribution in [2.45, 2.75) is 25.9 Å². The summed E-state index contributed by atoms with van der Waals surface area (Å²) in [6, 6.07) is 18.8. The number of para-hydroxylation sites is 2. The minimum atomic E-state index is -0.866. The number of aliphatic carboxylic acids is 1. The van der Waals surface area contributed by atoms with Gasteiger partial charge >= 0.3 is 30.8 Å². The maximum Gasteiger partial charge on any atom is 1.00 e. The second-order valence-corrected chi connectivity index (χ2v) is 7.26. The van der Waals surface area contributed by atoms with E-state index in [-0.39, 0.29) is 43.1 Å². The van der Waals surface area contributed by atoms with E-state index in [4.69, 9.17) is 5.11 Å². The third kappa shape index (κ3) is 7.17. The third-order valence-corrected chi connectivity index (χ3v) is 5.24. The molecule has 10 heteroatoms. The Kier molecular flexibility index (Phi) is 11.7. The van der Waals surface area contributed by atoms with Gasteiger partial charge in [0.25, 0.3) is 0 Å². The number of hydrogen-bond donors (Lipinski definition) is 1. The normalized spacial score (nSPS) is 9.86. The first kappa shape index (κ1) is 29.4. The number of aromatic nitrogens is 2. The molecule has 4 rings (SSSR count). The summed E-state index contributed by atoms with van der Waals surface area (Å²) < 4.78 is 8.16. The van der Waals surface area contributed by atoms with Crippen molar-refractivity contribution in [1.82, 2.24) is 9.13 Å². The molecule has 2 aromatic carbocycles. The molecule has 0 radical (unpaired) electrons. The van der Waals surface area contributed by atoms with Crippen LogP contribution in [0.5, 0.6) is 0 Å². The smallest absolute Gasteiger partial charge is 0.870 e. The molecule has 0 saturated carbocycles. The molecule has 178 valence electrons. The predicted molar refractivity (Wildman–Crippen MR) is 125 cm³/mol. The number of carbonyl (C=O) groups is 4. The largest absolute Gasteiger partial charge is 1.00 e. The van der Waals surface area contributed by atoms with Gasteiger partial charge in [0.05, 0.1) is 31.3 Å². The molecule has 9 nitrogen and oxygen atoms in total. The van der Waals surface area contributed by atoms with Crippen LogP contribution in [0.25, 0.3) is 21.8 Å². The second-order valence-electron chi connectivity index (χ2n) is 7.26. The molecule has 2 N–H and O–H groups in total. The predicted octanol–water partition coefficient (Wildman–Crippen LogP) is 0.773. The average Bonchev–Trinajstić information content (AvgIpc) is 3.38. The van der Waals surface area contributed by atoms with Gasteiger partial charge < -0.3 is 24.5 Å². The van der Waals surface area contributed by atoms with Crippen molar-refractivity contribution in [3.8, 4) is 0 Å². The Morgan fingerprint density at radius 2 is 1.26 bits per heavy atom. The van der Waals surface area contributed by atoms with Crippen molar-refractivity contribution in [3.63, 3.8) is 0 Å². The number of esters is 1. The molecule has 35 heavy (non-hydrogen) atoms. The molecule has 0 spiro atoms. The monoisotopic (exact) mass is 472 g/mol. The van der Waals surface area contributed by atoms with Crippen LogP contribution in [-0.4, -0.2) is 51.3 Å². The third-order valence-electron chi connectivity index (χ3n) is 5.24. The van der Waals surface area contributed by atoms with Crippen LogP contribution in [0.4, 0.5) is 0 Å². The number of nitrogens with zero attached hydrogens (tertiary/aromatic N) is 2. The summed E-state index contributed by atoms with van der Waals surface area (Å²) in [5, 5.41) is 10.6. The van der Waals surface area contributed by atoms with Gasteiger partial charge in [0, 0.05) is 34.9 Å². The quantitative estimate of drug-likeness (QED) is 0.227. The molecule has 0 amide bonds. The zero-order valence-corrected chi connectivity index (χ0v) is 19.6. The molecular weight excluding hydrogens is 447 g/mol. The van der Waals surface area contributed by atoms with Crippen LogP contribution >= 0.6 is 0 Å². The number of carboxylic acid groups (broad SMARTS) is 1. The van der Waals surface area contributed by atoms with Crippen LogP contribution < -0.4 is 18.9 Å². The summed E-state index contributed by atoms with van der Waals surface area (Å²) in [5.74, 6) is -1.14. The van der Waals surface area contributed by atoms with Crippen molar-refractivity contribution in [2.75, 3.05) is 7.11 Å². The fraction of sp³-hybridized carbons (Fsp3) is 0.200. The first-order valence-corrected chi connectivity index (χ1v) is 10.3. The topological polar surface area (TPSA) is 138 Å². The summed E-state index contributed by atoms with van der Waals surface area (Å²) in [4.78, 5) is 43.5. The molecule has 2 aromatic heterocycles. The van der Waals surface area contributed by atoms with E-state index in [9.17, 15) is 19.2 Å². The molecule has 0 saturated heterocycles. The number of aldehydes is 2. The van der Waals surface area contributed by atoms with Crippen molar-refractivity contribution in [1.29, 1.82) is 0 Å². The van der Waals surface area contributed by atoms with Crippen molar-refractivity contribution in [2.24, 2.45) is 0 Å². The molecule has 0 fully saturated rings. The molecule has 0 unspecified atom stereocenters. The number of rotatable bonds is 8. The first-order chi connectivity index (χ1) is 16.0. The van der Waals surface area contributed by atoms with Gasteiger partial charge in [-0.05, 0) is 24.3 Å². The van der Waals surface area contributed by atoms with E-state index < -0.39 is 5.97 Å². The van der Waals surface area contributed by atoms with E-state index in [0.29, 0.717) is 24.5 Å². The Morgan fingerprint density at radius 1 is 0.829 bits per heavy atom. The Labute approximate surface area is 213 Å². The van der Waals surface area contributed by atoms with Crippen molar-refractivity contribution >= 4 is 46.3 Å². The zero-order chi connectivity index (χ0) is 23.8.